The molecule has 4 rings (SSSR count). The van der Waals surface area contributed by atoms with E-state index in [-0.39, 0.29) is 5.91 Å². The summed E-state index contributed by atoms with van der Waals surface area (Å²) < 4.78 is 5.90. The summed E-state index contributed by atoms with van der Waals surface area (Å²) in [5.41, 5.74) is 4.08. The minimum Gasteiger partial charge on any atom is -0.478 e. The SMILES string of the molecule is CCc1ccc(-n2nc3cc(C)c(NC(=O)C(C)(C)Oc4ccc(Cl)cc4)cc3n2)cc1. The summed E-state index contributed by atoms with van der Waals surface area (Å²) in [5, 5.41) is 12.8. The largest absolute Gasteiger partial charge is 0.478 e. The number of benzene rings is 3. The first-order valence-electron chi connectivity index (χ1n) is 10.5. The van der Waals surface area contributed by atoms with Crippen molar-refractivity contribution in [1.82, 2.24) is 15.0 Å². The van der Waals surface area contributed by atoms with Gasteiger partial charge in [0.25, 0.3) is 5.91 Å². The first-order valence-corrected chi connectivity index (χ1v) is 10.9. The first kappa shape index (κ1) is 21.8. The Balaban J connectivity index is 1.56. The van der Waals surface area contributed by atoms with Crippen molar-refractivity contribution in [2.75, 3.05) is 5.32 Å². The molecule has 0 spiro atoms. The van der Waals surface area contributed by atoms with Crippen molar-refractivity contribution >= 4 is 34.2 Å². The van der Waals surface area contributed by atoms with E-state index >= 15 is 0 Å². The van der Waals surface area contributed by atoms with Gasteiger partial charge >= 0.3 is 0 Å². The van der Waals surface area contributed by atoms with E-state index in [1.165, 1.54) is 5.56 Å². The zero-order chi connectivity index (χ0) is 22.9. The molecule has 1 N–H and O–H groups in total. The number of ether oxygens (including phenoxy) is 1. The molecule has 164 valence electrons. The number of anilines is 1. The maximum absolute atomic E-state index is 13.0. The van der Waals surface area contributed by atoms with E-state index in [0.29, 0.717) is 22.0 Å². The fraction of sp³-hybridized carbons (Fsp3) is 0.240. The summed E-state index contributed by atoms with van der Waals surface area (Å²) in [6.07, 6.45) is 0.981. The highest BCUT2D eigenvalue weighted by Crippen LogP contribution is 2.25. The molecule has 1 amide bonds. The lowest BCUT2D eigenvalue weighted by Gasteiger charge is -2.25. The molecule has 1 aromatic heterocycles. The topological polar surface area (TPSA) is 69.0 Å². The quantitative estimate of drug-likeness (QED) is 0.408. The van der Waals surface area contributed by atoms with Crippen molar-refractivity contribution in [3.63, 3.8) is 0 Å². The molecule has 0 radical (unpaired) electrons. The number of aryl methyl sites for hydroxylation is 2. The number of hydrogen-bond donors (Lipinski definition) is 1. The van der Waals surface area contributed by atoms with E-state index in [2.05, 4.69) is 34.6 Å². The van der Waals surface area contributed by atoms with Gasteiger partial charge in [0, 0.05) is 10.7 Å². The van der Waals surface area contributed by atoms with Gasteiger partial charge in [0.1, 0.15) is 16.8 Å². The van der Waals surface area contributed by atoms with Gasteiger partial charge in [-0.2, -0.15) is 4.80 Å². The van der Waals surface area contributed by atoms with E-state index in [1.807, 2.05) is 31.2 Å². The van der Waals surface area contributed by atoms with Gasteiger partial charge in [-0.05, 0) is 86.8 Å². The number of aromatic nitrogens is 3. The second kappa shape index (κ2) is 8.63. The van der Waals surface area contributed by atoms with Crippen LogP contribution in [-0.4, -0.2) is 26.5 Å². The monoisotopic (exact) mass is 448 g/mol. The van der Waals surface area contributed by atoms with E-state index in [4.69, 9.17) is 16.3 Å². The van der Waals surface area contributed by atoms with E-state index in [1.54, 1.807) is 42.9 Å². The lowest BCUT2D eigenvalue weighted by molar-refractivity contribution is -0.128. The molecule has 32 heavy (non-hydrogen) atoms. The normalized spacial score (nSPS) is 11.5. The maximum Gasteiger partial charge on any atom is 0.267 e. The van der Waals surface area contributed by atoms with Gasteiger partial charge in [-0.15, -0.1) is 10.2 Å². The van der Waals surface area contributed by atoms with Crippen molar-refractivity contribution < 1.29 is 9.53 Å². The van der Waals surface area contributed by atoms with E-state index in [0.717, 1.165) is 23.2 Å². The first-order chi connectivity index (χ1) is 15.2. The summed E-state index contributed by atoms with van der Waals surface area (Å²) in [6.45, 7) is 7.50. The van der Waals surface area contributed by atoms with Crippen LogP contribution in [0.4, 0.5) is 5.69 Å². The van der Waals surface area contributed by atoms with Crippen LogP contribution in [-0.2, 0) is 11.2 Å². The van der Waals surface area contributed by atoms with Crippen LogP contribution in [0.25, 0.3) is 16.7 Å². The molecule has 0 aliphatic carbocycles. The second-order valence-electron chi connectivity index (χ2n) is 8.19. The summed E-state index contributed by atoms with van der Waals surface area (Å²) in [5.74, 6) is 0.302. The predicted molar refractivity (Wildman–Crippen MR) is 128 cm³/mol. The van der Waals surface area contributed by atoms with Gasteiger partial charge in [0.05, 0.1) is 5.69 Å². The number of carbonyl (C=O) groups is 1. The number of nitrogens with one attached hydrogen (secondary N) is 1. The van der Waals surface area contributed by atoms with Gasteiger partial charge in [-0.1, -0.05) is 30.7 Å². The Hall–Kier alpha value is -3.38. The molecule has 0 bridgehead atoms. The van der Waals surface area contributed by atoms with E-state index < -0.39 is 5.60 Å². The Kier molecular flexibility index (Phi) is 5.89. The third kappa shape index (κ3) is 4.60. The van der Waals surface area contributed by atoms with Crippen LogP contribution in [0, 0.1) is 6.92 Å². The molecule has 0 saturated carbocycles. The molecule has 1 heterocycles. The average Bonchev–Trinajstić information content (AvgIpc) is 3.18. The van der Waals surface area contributed by atoms with Crippen molar-refractivity contribution in [1.29, 1.82) is 0 Å². The summed E-state index contributed by atoms with van der Waals surface area (Å²) in [7, 11) is 0. The van der Waals surface area contributed by atoms with Crippen molar-refractivity contribution in [2.24, 2.45) is 0 Å². The minimum atomic E-state index is -1.09. The van der Waals surface area contributed by atoms with Crippen molar-refractivity contribution in [3.05, 3.63) is 76.8 Å². The molecule has 0 fully saturated rings. The third-order valence-corrected chi connectivity index (χ3v) is 5.54. The van der Waals surface area contributed by atoms with Gasteiger partial charge in [0.15, 0.2) is 5.60 Å². The summed E-state index contributed by atoms with van der Waals surface area (Å²) >= 11 is 5.92. The molecule has 0 aliphatic rings. The van der Waals surface area contributed by atoms with Crippen molar-refractivity contribution in [3.8, 4) is 11.4 Å². The highest BCUT2D eigenvalue weighted by atomic mass is 35.5. The van der Waals surface area contributed by atoms with Crippen LogP contribution < -0.4 is 10.1 Å². The van der Waals surface area contributed by atoms with Crippen LogP contribution in [0.3, 0.4) is 0 Å². The fourth-order valence-electron chi connectivity index (χ4n) is 3.30. The number of halogens is 1. The fourth-order valence-corrected chi connectivity index (χ4v) is 3.43. The summed E-state index contributed by atoms with van der Waals surface area (Å²) in [4.78, 5) is 14.6. The number of rotatable bonds is 6. The molecule has 0 saturated heterocycles. The Morgan fingerprint density at radius 1 is 1.03 bits per heavy atom. The van der Waals surface area contributed by atoms with E-state index in [9.17, 15) is 4.79 Å². The minimum absolute atomic E-state index is 0.266. The molecule has 0 unspecified atom stereocenters. The van der Waals surface area contributed by atoms with Gasteiger partial charge < -0.3 is 10.1 Å². The van der Waals surface area contributed by atoms with Crippen LogP contribution >= 0.6 is 11.6 Å². The number of nitrogens with zero attached hydrogens (tertiary/aromatic N) is 3. The smallest absolute Gasteiger partial charge is 0.267 e. The molecule has 0 aliphatic heterocycles. The van der Waals surface area contributed by atoms with Crippen LogP contribution in [0.5, 0.6) is 5.75 Å². The Morgan fingerprint density at radius 2 is 1.66 bits per heavy atom. The number of carbonyl (C=O) groups excluding carboxylic acids is 1. The van der Waals surface area contributed by atoms with Crippen molar-refractivity contribution in [2.45, 2.75) is 39.7 Å². The molecule has 6 nitrogen and oxygen atoms in total. The average molecular weight is 449 g/mol. The molecule has 7 heteroatoms. The van der Waals surface area contributed by atoms with Gasteiger partial charge in [0.2, 0.25) is 0 Å². The Bertz CT molecular complexity index is 1260. The zero-order valence-electron chi connectivity index (χ0n) is 18.5. The number of fused-ring (bicyclic) bond motifs is 1. The Labute approximate surface area is 192 Å². The highest BCUT2D eigenvalue weighted by Gasteiger charge is 2.30. The standard InChI is InChI=1S/C25H25ClN4O2/c1-5-17-6-10-19(11-7-17)30-28-22-14-16(2)21(15-23(22)29-30)27-24(31)25(3,4)32-20-12-8-18(26)9-13-20/h6-15H,5H2,1-4H3,(H,27,31). The molecule has 3 aromatic carbocycles. The maximum atomic E-state index is 13.0. The number of hydrogen-bond acceptors (Lipinski definition) is 4. The molecule has 0 atom stereocenters. The third-order valence-electron chi connectivity index (χ3n) is 5.28. The molecular formula is C25H25ClN4O2. The van der Waals surface area contributed by atoms with Crippen LogP contribution in [0.15, 0.2) is 60.7 Å². The van der Waals surface area contributed by atoms with Gasteiger partial charge in [-0.25, -0.2) is 0 Å². The van der Waals surface area contributed by atoms with Crippen LogP contribution in [0.2, 0.25) is 5.02 Å². The highest BCUT2D eigenvalue weighted by molar-refractivity contribution is 6.30. The molecular weight excluding hydrogens is 424 g/mol. The Morgan fingerprint density at radius 3 is 2.28 bits per heavy atom. The number of amides is 1. The van der Waals surface area contributed by atoms with Gasteiger partial charge in [-0.3, -0.25) is 4.79 Å². The summed E-state index contributed by atoms with van der Waals surface area (Å²) in [6, 6.07) is 18.8. The molecule has 4 aromatic rings. The predicted octanol–water partition coefficient (Wildman–Crippen LogP) is 5.74. The second-order valence-corrected chi connectivity index (χ2v) is 8.62. The lowest BCUT2D eigenvalue weighted by atomic mass is 10.1. The zero-order valence-corrected chi connectivity index (χ0v) is 19.3. The van der Waals surface area contributed by atoms with Crippen LogP contribution in [0.1, 0.15) is 31.9 Å². The lowest BCUT2D eigenvalue weighted by Crippen LogP contribution is -2.42.